The Kier molecular flexibility index (Phi) is 10.7. The van der Waals surface area contributed by atoms with Crippen molar-refractivity contribution in [1.29, 1.82) is 0 Å². The van der Waals surface area contributed by atoms with Crippen LogP contribution < -0.4 is 4.90 Å². The number of allylic oxidation sites excluding steroid dienone is 2. The lowest BCUT2D eigenvalue weighted by Gasteiger charge is -2.27. The smallest absolute Gasteiger partial charge is 0.0540 e. The molecule has 0 fully saturated rings. The van der Waals surface area contributed by atoms with E-state index >= 15 is 0 Å². The molecule has 56 heavy (non-hydrogen) atoms. The molecule has 0 amide bonds. The molecule has 0 aromatic heterocycles. The van der Waals surface area contributed by atoms with Gasteiger partial charge in [-0.3, -0.25) is 0 Å². The van der Waals surface area contributed by atoms with Crippen molar-refractivity contribution in [2.45, 2.75) is 20.8 Å². The lowest BCUT2D eigenvalue weighted by atomic mass is 9.95. The Bertz CT molecular complexity index is 2560. The van der Waals surface area contributed by atoms with Crippen molar-refractivity contribution in [3.63, 3.8) is 0 Å². The zero-order valence-corrected chi connectivity index (χ0v) is 32.2. The van der Waals surface area contributed by atoms with Gasteiger partial charge in [-0.2, -0.15) is 0 Å². The van der Waals surface area contributed by atoms with Crippen molar-refractivity contribution in [3.05, 3.63) is 256 Å². The van der Waals surface area contributed by atoms with Gasteiger partial charge in [0, 0.05) is 16.8 Å². The van der Waals surface area contributed by atoms with Crippen LogP contribution >= 0.6 is 0 Å². The minimum absolute atomic E-state index is 1.10. The second kappa shape index (κ2) is 16.6. The van der Waals surface area contributed by atoms with Crippen LogP contribution in [0.5, 0.6) is 0 Å². The van der Waals surface area contributed by atoms with Crippen molar-refractivity contribution in [1.82, 2.24) is 0 Å². The van der Waals surface area contributed by atoms with Gasteiger partial charge >= 0.3 is 0 Å². The average Bonchev–Trinajstić information content (AvgIpc) is 3.25. The maximum Gasteiger partial charge on any atom is 0.0540 e. The first-order valence-electron chi connectivity index (χ1n) is 19.3. The maximum atomic E-state index is 2.38. The van der Waals surface area contributed by atoms with E-state index in [-0.39, 0.29) is 0 Å². The summed E-state index contributed by atoms with van der Waals surface area (Å²) in [5.74, 6) is 0. The highest BCUT2D eigenvalue weighted by Crippen LogP contribution is 2.40. The topological polar surface area (TPSA) is 3.24 Å². The molecule has 0 atom stereocenters. The van der Waals surface area contributed by atoms with E-state index in [4.69, 9.17) is 0 Å². The molecular formula is C55H45N. The normalized spacial score (nSPS) is 11.1. The molecular weight excluding hydrogens is 675 g/mol. The van der Waals surface area contributed by atoms with Crippen LogP contribution in [-0.4, -0.2) is 0 Å². The predicted molar refractivity (Wildman–Crippen MR) is 242 cm³/mol. The molecule has 0 radical (unpaired) electrons. The molecule has 0 N–H and O–H groups in total. The fourth-order valence-electron chi connectivity index (χ4n) is 7.30. The molecule has 270 valence electrons. The number of aryl methyl sites for hydroxylation is 3. The Hall–Kier alpha value is -6.96. The Balaban J connectivity index is 1.19. The molecule has 1 heteroatoms. The van der Waals surface area contributed by atoms with Crippen LogP contribution in [0, 0.1) is 20.8 Å². The van der Waals surface area contributed by atoms with Crippen LogP contribution in [-0.2, 0) is 0 Å². The lowest BCUT2D eigenvalue weighted by molar-refractivity contribution is 1.29. The fourth-order valence-corrected chi connectivity index (χ4v) is 7.30. The third kappa shape index (κ3) is 8.09. The summed E-state index contributed by atoms with van der Waals surface area (Å²) in [7, 11) is 0. The minimum Gasteiger partial charge on any atom is -0.310 e. The monoisotopic (exact) mass is 719 g/mol. The van der Waals surface area contributed by atoms with Crippen LogP contribution in [0.15, 0.2) is 206 Å². The second-order valence-electron chi connectivity index (χ2n) is 14.4. The van der Waals surface area contributed by atoms with Crippen molar-refractivity contribution in [2.24, 2.45) is 0 Å². The maximum absolute atomic E-state index is 2.38. The molecule has 0 bridgehead atoms. The summed E-state index contributed by atoms with van der Waals surface area (Å²) < 4.78 is 0. The molecule has 8 aromatic carbocycles. The average molecular weight is 720 g/mol. The molecule has 0 aliphatic heterocycles. The number of anilines is 3. The van der Waals surface area contributed by atoms with E-state index in [2.05, 4.69) is 244 Å². The van der Waals surface area contributed by atoms with E-state index in [0.717, 1.165) is 22.6 Å². The van der Waals surface area contributed by atoms with Gasteiger partial charge in [0.15, 0.2) is 0 Å². The van der Waals surface area contributed by atoms with Crippen molar-refractivity contribution >= 4 is 51.1 Å². The van der Waals surface area contributed by atoms with Gasteiger partial charge in [-0.1, -0.05) is 199 Å². The molecule has 0 unspecified atom stereocenters. The fraction of sp³-hybridized carbons (Fsp3) is 0.0545. The first-order chi connectivity index (χ1) is 27.5. The van der Waals surface area contributed by atoms with Crippen LogP contribution in [0.2, 0.25) is 0 Å². The van der Waals surface area contributed by atoms with Crippen LogP contribution in [0.25, 0.3) is 34.1 Å². The molecule has 0 heterocycles. The first kappa shape index (κ1) is 36.0. The number of hydrogen-bond acceptors (Lipinski definition) is 1. The Labute approximate surface area is 331 Å². The zero-order chi connectivity index (χ0) is 38.3. The molecule has 1 nitrogen and oxygen atoms in total. The highest BCUT2D eigenvalue weighted by atomic mass is 15.1. The lowest BCUT2D eigenvalue weighted by Crippen LogP contribution is -2.10. The summed E-state index contributed by atoms with van der Waals surface area (Å²) in [6, 6.07) is 69.9. The van der Waals surface area contributed by atoms with Gasteiger partial charge in [0.25, 0.3) is 0 Å². The van der Waals surface area contributed by atoms with Gasteiger partial charge in [-0.05, 0) is 107 Å². The van der Waals surface area contributed by atoms with Crippen molar-refractivity contribution < 1.29 is 0 Å². The molecule has 0 aliphatic rings. The van der Waals surface area contributed by atoms with Crippen LogP contribution in [0.4, 0.5) is 17.1 Å². The third-order valence-corrected chi connectivity index (χ3v) is 10.4. The van der Waals surface area contributed by atoms with Crippen molar-refractivity contribution in [2.75, 3.05) is 4.90 Å². The van der Waals surface area contributed by atoms with E-state index in [9.17, 15) is 0 Å². The van der Waals surface area contributed by atoms with Gasteiger partial charge < -0.3 is 4.90 Å². The van der Waals surface area contributed by atoms with Crippen molar-refractivity contribution in [3.8, 4) is 0 Å². The molecule has 8 rings (SSSR count). The number of benzene rings is 8. The molecule has 0 saturated heterocycles. The summed E-state index contributed by atoms with van der Waals surface area (Å²) in [6.45, 7) is 6.41. The van der Waals surface area contributed by atoms with Gasteiger partial charge in [-0.25, -0.2) is 0 Å². The highest BCUT2D eigenvalue weighted by molar-refractivity contribution is 6.03. The number of rotatable bonds is 10. The third-order valence-electron chi connectivity index (χ3n) is 10.4. The summed E-state index contributed by atoms with van der Waals surface area (Å²) >= 11 is 0. The van der Waals surface area contributed by atoms with E-state index < -0.39 is 0 Å². The van der Waals surface area contributed by atoms with E-state index in [0.29, 0.717) is 0 Å². The van der Waals surface area contributed by atoms with Gasteiger partial charge in [0.1, 0.15) is 0 Å². The van der Waals surface area contributed by atoms with E-state index in [1.54, 1.807) is 0 Å². The standard InChI is InChI=1S/C55H45N/c1-40-21-29-47(30-22-40)51(48-31-23-41(2)24-32-48)20-12-17-46-33-38-55(53-19-11-10-18-52(46)53)56(49-34-25-42(3)26-35-49)50-36-27-43(28-37-50)39-54(44-13-6-4-7-14-44)45-15-8-5-9-16-45/h4-39H,1-3H3. The predicted octanol–water partition coefficient (Wildman–Crippen LogP) is 15.0. The first-order valence-corrected chi connectivity index (χ1v) is 19.3. The van der Waals surface area contributed by atoms with E-state index in [1.165, 1.54) is 66.4 Å². The van der Waals surface area contributed by atoms with E-state index in [1.807, 2.05) is 0 Å². The Morgan fingerprint density at radius 3 is 1.38 bits per heavy atom. The van der Waals surface area contributed by atoms with Crippen LogP contribution in [0.1, 0.15) is 50.1 Å². The Morgan fingerprint density at radius 2 is 0.839 bits per heavy atom. The molecule has 0 aliphatic carbocycles. The molecule has 8 aromatic rings. The summed E-state index contributed by atoms with van der Waals surface area (Å²) in [6.07, 6.45) is 8.97. The quantitative estimate of drug-likeness (QED) is 0.100. The number of nitrogens with zero attached hydrogens (tertiary/aromatic N) is 1. The van der Waals surface area contributed by atoms with Gasteiger partial charge in [-0.15, -0.1) is 0 Å². The highest BCUT2D eigenvalue weighted by Gasteiger charge is 2.17. The minimum atomic E-state index is 1.10. The summed E-state index contributed by atoms with van der Waals surface area (Å²) in [4.78, 5) is 2.38. The van der Waals surface area contributed by atoms with Gasteiger partial charge in [0.2, 0.25) is 0 Å². The second-order valence-corrected chi connectivity index (χ2v) is 14.4. The number of hydrogen-bond donors (Lipinski definition) is 0. The largest absolute Gasteiger partial charge is 0.310 e. The zero-order valence-electron chi connectivity index (χ0n) is 32.2. The van der Waals surface area contributed by atoms with Crippen LogP contribution in [0.3, 0.4) is 0 Å². The van der Waals surface area contributed by atoms with Gasteiger partial charge in [0.05, 0.1) is 5.69 Å². The summed E-state index contributed by atoms with van der Waals surface area (Å²) in [5, 5.41) is 2.39. The Morgan fingerprint density at radius 1 is 0.393 bits per heavy atom. The molecule has 0 saturated carbocycles. The number of fused-ring (bicyclic) bond motifs is 1. The molecule has 0 spiro atoms. The SMILES string of the molecule is Cc1ccc(C(=CC=Cc2ccc(N(c3ccc(C)cc3)c3ccc(C=C(c4ccccc4)c4ccccc4)cc3)c3ccccc23)c2ccc(C)cc2)cc1. The summed E-state index contributed by atoms with van der Waals surface area (Å²) in [5.41, 5.74) is 16.6.